The third-order valence-electron chi connectivity index (χ3n) is 4.79. The number of carbonyl (C=O) groups excluding carboxylic acids is 2. The number of nitrogens with zero attached hydrogens (tertiary/aromatic N) is 3. The molecule has 1 aliphatic heterocycles. The van der Waals surface area contributed by atoms with Crippen molar-refractivity contribution in [3.05, 3.63) is 94.1 Å². The second-order valence-electron chi connectivity index (χ2n) is 6.69. The van der Waals surface area contributed by atoms with Crippen LogP contribution in [0.15, 0.2) is 71.8 Å². The number of benzene rings is 2. The summed E-state index contributed by atoms with van der Waals surface area (Å²) in [5.41, 5.74) is 2.60. The number of amides is 2. The van der Waals surface area contributed by atoms with Crippen molar-refractivity contribution in [2.45, 2.75) is 6.54 Å². The van der Waals surface area contributed by atoms with Crippen LogP contribution in [0.1, 0.15) is 27.2 Å². The van der Waals surface area contributed by atoms with E-state index in [4.69, 9.17) is 5.11 Å². The van der Waals surface area contributed by atoms with E-state index in [9.17, 15) is 19.6 Å². The maximum Gasteiger partial charge on any atom is 0.335 e. The molecule has 1 aromatic heterocycles. The molecule has 0 unspecified atom stereocenters. The molecule has 0 aliphatic carbocycles. The lowest BCUT2D eigenvalue weighted by Crippen LogP contribution is -2.27. The molecule has 0 radical (unpaired) electrons. The van der Waals surface area contributed by atoms with Crippen molar-refractivity contribution in [3.63, 3.8) is 0 Å². The van der Waals surface area contributed by atoms with E-state index in [1.165, 1.54) is 12.1 Å². The van der Waals surface area contributed by atoms with Crippen molar-refractivity contribution in [3.8, 4) is 11.8 Å². The minimum absolute atomic E-state index is 0.0312. The highest BCUT2D eigenvalue weighted by Gasteiger charge is 2.35. The molecule has 4 rings (SSSR count). The van der Waals surface area contributed by atoms with Gasteiger partial charge in [0.1, 0.15) is 0 Å². The van der Waals surface area contributed by atoms with Crippen molar-refractivity contribution in [1.29, 1.82) is 5.26 Å². The fourth-order valence-corrected chi connectivity index (χ4v) is 4.04. The molecule has 2 aromatic carbocycles. The Balaban J connectivity index is 1.60. The number of thioether (sulfide) groups is 1. The average molecular weight is 429 g/mol. The van der Waals surface area contributed by atoms with Crippen LogP contribution in [0.2, 0.25) is 0 Å². The van der Waals surface area contributed by atoms with Crippen molar-refractivity contribution in [1.82, 2.24) is 9.47 Å². The first-order valence-electron chi connectivity index (χ1n) is 9.22. The molecule has 2 heterocycles. The summed E-state index contributed by atoms with van der Waals surface area (Å²) in [7, 11) is 0. The van der Waals surface area contributed by atoms with Crippen molar-refractivity contribution < 1.29 is 19.5 Å². The molecule has 2 amide bonds. The second kappa shape index (κ2) is 8.34. The molecular weight excluding hydrogens is 414 g/mol. The van der Waals surface area contributed by atoms with Gasteiger partial charge in [0.05, 0.1) is 28.6 Å². The van der Waals surface area contributed by atoms with Crippen LogP contribution in [0.3, 0.4) is 0 Å². The maximum absolute atomic E-state index is 12.9. The average Bonchev–Trinajstić information content (AvgIpc) is 3.34. The standard InChI is InChI=1S/C23H15N3O4S/c24-13-16-4-1-2-5-17(16)14-26-21(27)20(31-23(26)30)12-19-6-3-11-25(19)18-9-7-15(8-10-18)22(28)29/h1-12H,14H2,(H,28,29)/b20-12-. The highest BCUT2D eigenvalue weighted by Crippen LogP contribution is 2.34. The molecule has 1 fully saturated rings. The number of aromatic carboxylic acids is 1. The summed E-state index contributed by atoms with van der Waals surface area (Å²) >= 11 is 0.848. The quantitative estimate of drug-likeness (QED) is 0.607. The van der Waals surface area contributed by atoms with Crippen LogP contribution in [0.4, 0.5) is 4.79 Å². The molecule has 0 atom stereocenters. The normalized spacial score (nSPS) is 14.8. The van der Waals surface area contributed by atoms with E-state index < -0.39 is 17.1 Å². The Hall–Kier alpha value is -4.09. The van der Waals surface area contributed by atoms with Gasteiger partial charge in [-0.1, -0.05) is 18.2 Å². The van der Waals surface area contributed by atoms with E-state index in [0.717, 1.165) is 22.3 Å². The second-order valence-corrected chi connectivity index (χ2v) is 7.69. The van der Waals surface area contributed by atoms with E-state index >= 15 is 0 Å². The SMILES string of the molecule is N#Cc1ccccc1CN1C(=O)S/C(=C\c2cccn2-c2ccc(C(=O)O)cc2)C1=O. The molecule has 0 spiro atoms. The molecule has 1 saturated heterocycles. The smallest absolute Gasteiger partial charge is 0.335 e. The van der Waals surface area contributed by atoms with Gasteiger partial charge in [-0.15, -0.1) is 0 Å². The Bertz CT molecular complexity index is 1270. The summed E-state index contributed by atoms with van der Waals surface area (Å²) in [6, 6.07) is 18.9. The number of hydrogen-bond donors (Lipinski definition) is 1. The zero-order chi connectivity index (χ0) is 22.0. The molecular formula is C23H15N3O4S. The first-order valence-corrected chi connectivity index (χ1v) is 10.0. The molecule has 7 nitrogen and oxygen atoms in total. The molecule has 8 heteroatoms. The predicted octanol–water partition coefficient (Wildman–Crippen LogP) is 4.28. The fraction of sp³-hybridized carbons (Fsp3) is 0.0435. The maximum atomic E-state index is 12.9. The van der Waals surface area contributed by atoms with Gasteiger partial charge in [0.25, 0.3) is 11.1 Å². The molecule has 1 aliphatic rings. The number of hydrogen-bond acceptors (Lipinski definition) is 5. The van der Waals surface area contributed by atoms with Crippen molar-refractivity contribution in [2.75, 3.05) is 0 Å². The van der Waals surface area contributed by atoms with Gasteiger partial charge >= 0.3 is 5.97 Å². The number of carbonyl (C=O) groups is 3. The topological polar surface area (TPSA) is 103 Å². The van der Waals surface area contributed by atoms with E-state index in [-0.39, 0.29) is 17.0 Å². The van der Waals surface area contributed by atoms with Gasteiger partial charge in [0, 0.05) is 17.6 Å². The van der Waals surface area contributed by atoms with Gasteiger partial charge in [0.15, 0.2) is 0 Å². The van der Waals surface area contributed by atoms with Crippen LogP contribution in [0, 0.1) is 11.3 Å². The van der Waals surface area contributed by atoms with Gasteiger partial charge < -0.3 is 9.67 Å². The summed E-state index contributed by atoms with van der Waals surface area (Å²) in [4.78, 5) is 37.8. The Morgan fingerprint density at radius 1 is 1.06 bits per heavy atom. The van der Waals surface area contributed by atoms with Crippen molar-refractivity contribution >= 4 is 35.0 Å². The van der Waals surface area contributed by atoms with Crippen LogP contribution < -0.4 is 0 Å². The monoisotopic (exact) mass is 429 g/mol. The molecule has 152 valence electrons. The number of rotatable bonds is 5. The molecule has 3 aromatic rings. The minimum Gasteiger partial charge on any atom is -0.478 e. The number of carboxylic acid groups (broad SMARTS) is 1. The van der Waals surface area contributed by atoms with Gasteiger partial charge in [-0.3, -0.25) is 14.5 Å². The summed E-state index contributed by atoms with van der Waals surface area (Å²) in [6.45, 7) is 0.0312. The van der Waals surface area contributed by atoms with E-state index in [1.54, 1.807) is 65.4 Å². The van der Waals surface area contributed by atoms with Crippen LogP contribution >= 0.6 is 11.8 Å². The Morgan fingerprint density at radius 3 is 2.52 bits per heavy atom. The lowest BCUT2D eigenvalue weighted by molar-refractivity contribution is -0.123. The third-order valence-corrected chi connectivity index (χ3v) is 5.70. The Labute approximate surface area is 181 Å². The van der Waals surface area contributed by atoms with Crippen LogP contribution in [0.25, 0.3) is 11.8 Å². The minimum atomic E-state index is -1.01. The first kappa shape index (κ1) is 20.2. The van der Waals surface area contributed by atoms with Crippen LogP contribution in [-0.4, -0.2) is 31.7 Å². The largest absolute Gasteiger partial charge is 0.478 e. The molecule has 1 N–H and O–H groups in total. The fourth-order valence-electron chi connectivity index (χ4n) is 3.22. The zero-order valence-electron chi connectivity index (χ0n) is 16.1. The Kier molecular flexibility index (Phi) is 5.43. The zero-order valence-corrected chi connectivity index (χ0v) is 16.9. The Morgan fingerprint density at radius 2 is 1.81 bits per heavy atom. The van der Waals surface area contributed by atoms with Crippen LogP contribution in [-0.2, 0) is 11.3 Å². The summed E-state index contributed by atoms with van der Waals surface area (Å²) < 4.78 is 1.80. The lowest BCUT2D eigenvalue weighted by Gasteiger charge is -2.13. The van der Waals surface area contributed by atoms with Crippen LogP contribution in [0.5, 0.6) is 0 Å². The summed E-state index contributed by atoms with van der Waals surface area (Å²) in [5, 5.41) is 17.9. The number of aromatic nitrogens is 1. The number of carboxylic acids is 1. The number of imide groups is 1. The predicted molar refractivity (Wildman–Crippen MR) is 115 cm³/mol. The van der Waals surface area contributed by atoms with Gasteiger partial charge in [-0.25, -0.2) is 4.79 Å². The highest BCUT2D eigenvalue weighted by atomic mass is 32.2. The van der Waals surface area contributed by atoms with E-state index in [0.29, 0.717) is 16.8 Å². The van der Waals surface area contributed by atoms with Gasteiger partial charge in [-0.2, -0.15) is 5.26 Å². The van der Waals surface area contributed by atoms with Gasteiger partial charge in [-0.05, 0) is 65.9 Å². The number of nitriles is 1. The summed E-state index contributed by atoms with van der Waals surface area (Å²) in [6.07, 6.45) is 3.42. The summed E-state index contributed by atoms with van der Waals surface area (Å²) in [5.74, 6) is -1.43. The van der Waals surface area contributed by atoms with E-state index in [1.807, 2.05) is 0 Å². The van der Waals surface area contributed by atoms with Crippen molar-refractivity contribution in [2.24, 2.45) is 0 Å². The third kappa shape index (κ3) is 3.99. The molecule has 0 bridgehead atoms. The molecule has 0 saturated carbocycles. The van der Waals surface area contributed by atoms with Gasteiger partial charge in [0.2, 0.25) is 0 Å². The highest BCUT2D eigenvalue weighted by molar-refractivity contribution is 8.18. The lowest BCUT2D eigenvalue weighted by atomic mass is 10.1. The van der Waals surface area contributed by atoms with E-state index in [2.05, 4.69) is 6.07 Å². The first-order chi connectivity index (χ1) is 15.0. The molecule has 31 heavy (non-hydrogen) atoms.